The van der Waals surface area contributed by atoms with Crippen LogP contribution in [0.3, 0.4) is 0 Å². The summed E-state index contributed by atoms with van der Waals surface area (Å²) < 4.78 is 30.6. The van der Waals surface area contributed by atoms with Gasteiger partial charge in [-0.2, -0.15) is 0 Å². The predicted molar refractivity (Wildman–Crippen MR) is 305 cm³/mol. The second-order valence-corrected chi connectivity index (χ2v) is 22.6. The highest BCUT2D eigenvalue weighted by Crippen LogP contribution is 2.43. The predicted octanol–water partition coefficient (Wildman–Crippen LogP) is 17.9. The Morgan fingerprint density at radius 1 is 0.507 bits per heavy atom. The second-order valence-electron chi connectivity index (χ2n) is 21.1. The van der Waals surface area contributed by atoms with E-state index in [0.717, 1.165) is 103 Å². The molecule has 0 spiro atoms. The zero-order valence-corrected chi connectivity index (χ0v) is 48.1. The number of allylic oxidation sites excluding steroid dienone is 9. The van der Waals surface area contributed by atoms with Gasteiger partial charge in [0, 0.05) is 12.8 Å². The SMILES string of the molecule is CC/C=C/C/C=C/C/C=C/CCCCCCCCC(=O)NC(COP(=O)(O)OCC[N+](C)(C)C)C(/C=C/CCCCCCCCCCCC)OC(=O)CCCCCCCCC/C=C/CCCCCCCC. The first kappa shape index (κ1) is 68.7. The van der Waals surface area contributed by atoms with Crippen LogP contribution < -0.4 is 5.32 Å². The average molecular weight is 1020 g/mol. The molecule has 414 valence electrons. The van der Waals surface area contributed by atoms with Crippen molar-refractivity contribution in [1.29, 1.82) is 0 Å². The van der Waals surface area contributed by atoms with Gasteiger partial charge in [-0.3, -0.25) is 18.6 Å². The van der Waals surface area contributed by atoms with E-state index in [-0.39, 0.29) is 31.5 Å². The van der Waals surface area contributed by atoms with Crippen molar-refractivity contribution in [3.05, 3.63) is 60.8 Å². The van der Waals surface area contributed by atoms with E-state index >= 15 is 0 Å². The summed E-state index contributed by atoms with van der Waals surface area (Å²) in [7, 11) is 1.48. The molecule has 9 nitrogen and oxygen atoms in total. The summed E-state index contributed by atoms with van der Waals surface area (Å²) in [4.78, 5) is 37.6. The van der Waals surface area contributed by atoms with Gasteiger partial charge in [-0.05, 0) is 89.5 Å². The molecule has 3 unspecified atom stereocenters. The number of nitrogens with one attached hydrogen (secondary N) is 1. The minimum Gasteiger partial charge on any atom is -0.456 e. The number of carbonyl (C=O) groups is 2. The van der Waals surface area contributed by atoms with Crippen LogP contribution in [0.1, 0.15) is 265 Å². The van der Waals surface area contributed by atoms with Gasteiger partial charge in [-0.1, -0.05) is 223 Å². The Labute approximate surface area is 439 Å². The van der Waals surface area contributed by atoms with Crippen LogP contribution in [0.4, 0.5) is 0 Å². The summed E-state index contributed by atoms with van der Waals surface area (Å²) >= 11 is 0. The van der Waals surface area contributed by atoms with Crippen LogP contribution in [0.2, 0.25) is 0 Å². The van der Waals surface area contributed by atoms with Gasteiger partial charge < -0.3 is 19.4 Å². The Hall–Kier alpha value is -2.29. The molecule has 0 aliphatic heterocycles. The first-order valence-electron chi connectivity index (χ1n) is 29.6. The molecule has 0 radical (unpaired) electrons. The largest absolute Gasteiger partial charge is 0.472 e. The zero-order valence-electron chi connectivity index (χ0n) is 47.2. The fourth-order valence-electron chi connectivity index (χ4n) is 8.36. The number of hydrogen-bond acceptors (Lipinski definition) is 6. The molecule has 10 heteroatoms. The van der Waals surface area contributed by atoms with Gasteiger partial charge in [0.25, 0.3) is 0 Å². The average Bonchev–Trinajstić information content (AvgIpc) is 3.33. The van der Waals surface area contributed by atoms with Crippen molar-refractivity contribution in [2.75, 3.05) is 40.9 Å². The van der Waals surface area contributed by atoms with E-state index in [1.165, 1.54) is 128 Å². The lowest BCUT2D eigenvalue weighted by molar-refractivity contribution is -0.870. The molecule has 1 amide bonds. The number of nitrogens with zero attached hydrogens (tertiary/aromatic N) is 1. The van der Waals surface area contributed by atoms with Crippen LogP contribution in [0, 0.1) is 0 Å². The maximum absolute atomic E-state index is 13.5. The standard InChI is InChI=1S/C61H113N2O7P/c1-7-10-13-16-19-22-25-28-30-32-34-36-39-42-45-48-51-54-61(65)70-59(52-49-46-43-40-37-27-24-21-18-15-12-9-3)58(57-69-71(66,67)68-56-55-63(4,5)6)62-60(64)53-50-47-44-41-38-35-33-31-29-26-23-20-17-14-11-8-2/h11,14,20,23,28-31,49,52,58-59H,7-10,12-13,15-19,21-22,24-27,32-48,50-51,53-57H2,1-6H3,(H-,62,64,66,67)/p+1/b14-11+,23-20+,30-28+,31-29+,52-49+. The summed E-state index contributed by atoms with van der Waals surface area (Å²) in [5.41, 5.74) is 0. The van der Waals surface area contributed by atoms with Gasteiger partial charge in [0.15, 0.2) is 0 Å². The minimum atomic E-state index is -4.45. The fraction of sp³-hybridized carbons (Fsp3) is 0.803. The summed E-state index contributed by atoms with van der Waals surface area (Å²) in [6, 6.07) is -0.857. The van der Waals surface area contributed by atoms with Crippen molar-refractivity contribution in [3.63, 3.8) is 0 Å². The molecule has 0 aromatic heterocycles. The Kier molecular flexibility index (Phi) is 49.6. The third-order valence-electron chi connectivity index (χ3n) is 12.9. The number of rotatable bonds is 53. The summed E-state index contributed by atoms with van der Waals surface area (Å²) in [6.07, 6.45) is 63.5. The number of phosphoric acid groups is 1. The molecule has 0 heterocycles. The lowest BCUT2D eigenvalue weighted by Crippen LogP contribution is -2.47. The van der Waals surface area contributed by atoms with E-state index in [1.54, 1.807) is 0 Å². The second kappa shape index (κ2) is 51.2. The molecule has 0 aliphatic carbocycles. The number of ether oxygens (including phenoxy) is 1. The van der Waals surface area contributed by atoms with Crippen LogP contribution >= 0.6 is 7.82 Å². The van der Waals surface area contributed by atoms with Gasteiger partial charge >= 0.3 is 13.8 Å². The van der Waals surface area contributed by atoms with E-state index in [9.17, 15) is 19.0 Å². The number of esters is 1. The van der Waals surface area contributed by atoms with E-state index in [2.05, 4.69) is 74.7 Å². The molecule has 0 saturated heterocycles. The highest BCUT2D eigenvalue weighted by atomic mass is 31.2. The van der Waals surface area contributed by atoms with Crippen LogP contribution in [0.5, 0.6) is 0 Å². The normalized spacial score (nSPS) is 14.2. The van der Waals surface area contributed by atoms with Crippen LogP contribution in [-0.2, 0) is 27.9 Å². The molecular formula is C61H114N2O7P+. The zero-order chi connectivity index (χ0) is 52.2. The molecule has 0 bridgehead atoms. The first-order chi connectivity index (χ1) is 34.4. The molecule has 2 N–H and O–H groups in total. The molecule has 0 aliphatic rings. The Morgan fingerprint density at radius 3 is 1.37 bits per heavy atom. The number of phosphoric ester groups is 1. The molecule has 0 fully saturated rings. The van der Waals surface area contributed by atoms with Crippen molar-refractivity contribution >= 4 is 19.7 Å². The summed E-state index contributed by atoms with van der Waals surface area (Å²) in [5.74, 6) is -0.522. The number of amides is 1. The minimum absolute atomic E-state index is 0.0356. The number of unbranched alkanes of at least 4 members (excludes halogenated alkanes) is 29. The number of carbonyl (C=O) groups excluding carboxylic acids is 2. The molecule has 71 heavy (non-hydrogen) atoms. The van der Waals surface area contributed by atoms with E-state index in [0.29, 0.717) is 17.4 Å². The monoisotopic (exact) mass is 1020 g/mol. The quantitative estimate of drug-likeness (QED) is 0.0205. The van der Waals surface area contributed by atoms with Crippen molar-refractivity contribution in [2.24, 2.45) is 0 Å². The van der Waals surface area contributed by atoms with Crippen LogP contribution in [0.15, 0.2) is 60.8 Å². The van der Waals surface area contributed by atoms with Gasteiger partial charge in [-0.15, -0.1) is 0 Å². The van der Waals surface area contributed by atoms with Crippen LogP contribution in [0.25, 0.3) is 0 Å². The Morgan fingerprint density at radius 2 is 0.901 bits per heavy atom. The molecule has 0 saturated carbocycles. The van der Waals surface area contributed by atoms with E-state index in [1.807, 2.05) is 33.3 Å². The highest BCUT2D eigenvalue weighted by Gasteiger charge is 2.30. The molecule has 0 aromatic carbocycles. The first-order valence-corrected chi connectivity index (χ1v) is 31.1. The van der Waals surface area contributed by atoms with Crippen molar-refractivity contribution < 1.29 is 37.3 Å². The maximum Gasteiger partial charge on any atom is 0.472 e. The number of hydrogen-bond donors (Lipinski definition) is 2. The van der Waals surface area contributed by atoms with Gasteiger partial charge in [0.05, 0.1) is 33.8 Å². The number of likely N-dealkylation sites (N-methyl/N-ethyl adjacent to an activating group) is 1. The maximum atomic E-state index is 13.5. The van der Waals surface area contributed by atoms with Crippen molar-refractivity contribution in [2.45, 2.75) is 277 Å². The fourth-order valence-corrected chi connectivity index (χ4v) is 9.10. The summed E-state index contributed by atoms with van der Waals surface area (Å²) in [6.45, 7) is 6.89. The van der Waals surface area contributed by atoms with Crippen molar-refractivity contribution in [3.8, 4) is 0 Å². The third kappa shape index (κ3) is 52.4. The smallest absolute Gasteiger partial charge is 0.456 e. The highest BCUT2D eigenvalue weighted by molar-refractivity contribution is 7.47. The lowest BCUT2D eigenvalue weighted by Gasteiger charge is -2.27. The van der Waals surface area contributed by atoms with Crippen LogP contribution in [-0.4, -0.2) is 74.3 Å². The molecule has 0 rings (SSSR count). The Bertz CT molecular complexity index is 1400. The van der Waals surface area contributed by atoms with Crippen molar-refractivity contribution in [1.82, 2.24) is 5.32 Å². The van der Waals surface area contributed by atoms with E-state index in [4.69, 9.17) is 13.8 Å². The topological polar surface area (TPSA) is 111 Å². The number of quaternary nitrogens is 1. The molecule has 0 aromatic rings. The van der Waals surface area contributed by atoms with Gasteiger partial charge in [0.1, 0.15) is 19.3 Å². The van der Waals surface area contributed by atoms with Gasteiger partial charge in [0.2, 0.25) is 5.91 Å². The molecule has 3 atom stereocenters. The lowest BCUT2D eigenvalue weighted by atomic mass is 10.0. The van der Waals surface area contributed by atoms with E-state index < -0.39 is 20.0 Å². The molecular weight excluding hydrogens is 904 g/mol. The third-order valence-corrected chi connectivity index (χ3v) is 13.9. The Balaban J connectivity index is 5.34. The van der Waals surface area contributed by atoms with Gasteiger partial charge in [-0.25, -0.2) is 4.57 Å². The summed E-state index contributed by atoms with van der Waals surface area (Å²) in [5, 5.41) is 3.04.